The van der Waals surface area contributed by atoms with Crippen molar-refractivity contribution >= 4 is 72.1 Å². The molecule has 3 aliphatic rings. The van der Waals surface area contributed by atoms with Gasteiger partial charge in [-0.1, -0.05) is 22.6 Å². The van der Waals surface area contributed by atoms with Crippen LogP contribution in [0.5, 0.6) is 0 Å². The van der Waals surface area contributed by atoms with E-state index in [2.05, 4.69) is 76.6 Å². The van der Waals surface area contributed by atoms with E-state index in [0.29, 0.717) is 19.8 Å². The third kappa shape index (κ3) is 3.80. The summed E-state index contributed by atoms with van der Waals surface area (Å²) in [6.07, 6.45) is 1.47. The van der Waals surface area contributed by atoms with Crippen molar-refractivity contribution in [3.05, 3.63) is 0 Å². The molecule has 0 spiro atoms. The van der Waals surface area contributed by atoms with E-state index in [1.165, 1.54) is 0 Å². The van der Waals surface area contributed by atoms with Crippen molar-refractivity contribution in [2.45, 2.75) is 31.1 Å². The number of carbonyl (C=O) groups excluding carboxylic acids is 1. The van der Waals surface area contributed by atoms with Crippen molar-refractivity contribution in [2.75, 3.05) is 25.1 Å². The summed E-state index contributed by atoms with van der Waals surface area (Å²) in [4.78, 5) is 22.0. The molecule has 1 N–H and O–H groups in total. The standard InChI is InChI=1S/C11H17IN4O2.I3/c1-11(4-12)5-16-9(17)7-8(13-6-14(7)2)15(3)10(16)18-11;1-3-2/h6-8,10H,4-5H2,1-3H3;/q;-1/p+1. The molecule has 10 heteroatoms. The second kappa shape index (κ2) is 7.88. The van der Waals surface area contributed by atoms with E-state index in [-0.39, 0.29) is 30.1 Å². The topological polar surface area (TPSA) is 49.6 Å². The number of quaternary nitrogens is 1. The summed E-state index contributed by atoms with van der Waals surface area (Å²) >= 11 is 7.62. The average Bonchev–Trinajstić information content (AvgIpc) is 2.99. The van der Waals surface area contributed by atoms with Crippen molar-refractivity contribution < 1.29 is 27.7 Å². The van der Waals surface area contributed by atoms with Crippen LogP contribution in [-0.2, 0) is 9.53 Å². The Morgan fingerprint density at radius 3 is 2.81 bits per heavy atom. The molecule has 0 bridgehead atoms. The van der Waals surface area contributed by atoms with Crippen LogP contribution >= 0.6 is 59.8 Å². The molecular weight excluding hydrogens is 728 g/mol. The zero-order valence-corrected chi connectivity index (χ0v) is 20.5. The predicted octanol–water partition coefficient (Wildman–Crippen LogP) is -2.71. The van der Waals surface area contributed by atoms with Gasteiger partial charge in [-0.3, -0.25) is 14.6 Å². The van der Waals surface area contributed by atoms with E-state index in [0.717, 1.165) is 9.33 Å². The van der Waals surface area contributed by atoms with Gasteiger partial charge in [-0.15, -0.1) is 0 Å². The number of nitrogens with one attached hydrogen (secondary N) is 1. The number of likely N-dealkylation sites (N-methyl/N-ethyl adjacent to an activating group) is 2. The van der Waals surface area contributed by atoms with Crippen LogP contribution in [0.2, 0.25) is 0 Å². The Balaban J connectivity index is 0.000000497. The summed E-state index contributed by atoms with van der Waals surface area (Å²) in [6.45, 7) is 2.73. The molecule has 3 rings (SSSR count). The van der Waals surface area contributed by atoms with Crippen LogP contribution < -0.4 is 18.2 Å². The molecule has 2 saturated heterocycles. The van der Waals surface area contributed by atoms with Gasteiger partial charge in [-0.25, -0.2) is 9.89 Å². The van der Waals surface area contributed by atoms with Gasteiger partial charge in [0.25, 0.3) is 5.91 Å². The number of aliphatic imine (C=N–C) groups is 1. The zero-order valence-electron chi connectivity index (χ0n) is 11.9. The molecule has 6 nitrogen and oxygen atoms in total. The van der Waals surface area contributed by atoms with Crippen molar-refractivity contribution in [3.63, 3.8) is 0 Å². The molecule has 3 aliphatic heterocycles. The molecule has 5 atom stereocenters. The zero-order chi connectivity index (χ0) is 15.8. The van der Waals surface area contributed by atoms with Gasteiger partial charge < -0.3 is 4.74 Å². The number of fused-ring (bicyclic) bond motifs is 2. The Labute approximate surface area is 168 Å². The number of amides is 1. The maximum absolute atomic E-state index is 12.6. The van der Waals surface area contributed by atoms with Gasteiger partial charge in [-0.05, 0) is 14.0 Å². The summed E-state index contributed by atoms with van der Waals surface area (Å²) in [5.41, 5.74) is -0.245. The van der Waals surface area contributed by atoms with Gasteiger partial charge in [0, 0.05) is 4.43 Å². The number of ether oxygens (including phenoxy) is 1. The van der Waals surface area contributed by atoms with Crippen LogP contribution in [0.4, 0.5) is 0 Å². The molecular formula is C11H18I4N4O2. The fraction of sp³-hybridized carbons (Fsp3) is 0.818. The number of nitrogens with zero attached hydrogens (tertiary/aromatic N) is 3. The normalized spacial score (nSPS) is 41.8. The van der Waals surface area contributed by atoms with Gasteiger partial charge in [0.05, 0.1) is 19.2 Å². The van der Waals surface area contributed by atoms with Crippen LogP contribution in [0.15, 0.2) is 4.99 Å². The number of hydrogen-bond donors (Lipinski definition) is 1. The molecule has 0 aromatic carbocycles. The van der Waals surface area contributed by atoms with E-state index in [4.69, 9.17) is 4.74 Å². The molecule has 2 fully saturated rings. The van der Waals surface area contributed by atoms with E-state index in [9.17, 15) is 4.79 Å². The Bertz CT molecular complexity index is 440. The second-order valence-corrected chi connectivity index (χ2v) is 22.6. The average molecular weight is 746 g/mol. The van der Waals surface area contributed by atoms with Gasteiger partial charge >= 0.3 is 50.5 Å². The number of hydrogen-bond acceptors (Lipinski definition) is 4. The SMILES string of the molecule is CN1C2N=C[NH+](C)C2C(=O)N2CC(C)(CI)OC21.I[I-]I. The number of carbonyl (C=O) groups is 1. The summed E-state index contributed by atoms with van der Waals surface area (Å²) in [5.74, 6) is 0.159. The maximum atomic E-state index is 12.6. The van der Waals surface area contributed by atoms with Gasteiger partial charge in [0.1, 0.15) is 0 Å². The molecule has 0 radical (unpaired) electrons. The minimum atomic E-state index is -0.262. The molecule has 1 amide bonds. The third-order valence-electron chi connectivity index (χ3n) is 3.98. The van der Waals surface area contributed by atoms with Crippen LogP contribution in [0.1, 0.15) is 6.92 Å². The number of halogens is 4. The molecule has 21 heavy (non-hydrogen) atoms. The van der Waals surface area contributed by atoms with E-state index in [1.54, 1.807) is 0 Å². The Morgan fingerprint density at radius 2 is 2.24 bits per heavy atom. The summed E-state index contributed by atoms with van der Waals surface area (Å²) in [5, 5.41) is 0. The van der Waals surface area contributed by atoms with Crippen molar-refractivity contribution in [3.8, 4) is 0 Å². The molecule has 5 unspecified atom stereocenters. The van der Waals surface area contributed by atoms with Crippen LogP contribution in [0.25, 0.3) is 0 Å². The molecule has 0 aromatic heterocycles. The quantitative estimate of drug-likeness (QED) is 0.235. The van der Waals surface area contributed by atoms with Gasteiger partial charge in [-0.2, -0.15) is 0 Å². The van der Waals surface area contributed by atoms with E-state index >= 15 is 0 Å². The van der Waals surface area contributed by atoms with Crippen molar-refractivity contribution in [2.24, 2.45) is 4.99 Å². The molecule has 0 saturated carbocycles. The first kappa shape index (κ1) is 19.3. The summed E-state index contributed by atoms with van der Waals surface area (Å²) in [7, 11) is 3.96. The summed E-state index contributed by atoms with van der Waals surface area (Å²) in [6, 6.07) is -0.119. The monoisotopic (exact) mass is 746 g/mol. The Kier molecular flexibility index (Phi) is 7.23. The Morgan fingerprint density at radius 1 is 1.62 bits per heavy atom. The van der Waals surface area contributed by atoms with E-state index in [1.807, 2.05) is 25.3 Å². The minimum absolute atomic E-state index is 0.0877. The van der Waals surface area contributed by atoms with E-state index < -0.39 is 0 Å². The van der Waals surface area contributed by atoms with Crippen LogP contribution in [-0.4, -0.2) is 71.3 Å². The van der Waals surface area contributed by atoms with Gasteiger partial charge in [0.2, 0.25) is 6.04 Å². The Hall–Kier alpha value is 1.94. The first-order valence-corrected chi connectivity index (χ1v) is 20.5. The fourth-order valence-corrected chi connectivity index (χ4v) is 3.35. The molecule has 0 aromatic rings. The van der Waals surface area contributed by atoms with Crippen molar-refractivity contribution in [1.82, 2.24) is 9.80 Å². The second-order valence-electron chi connectivity index (χ2n) is 5.63. The molecule has 122 valence electrons. The van der Waals surface area contributed by atoms with Crippen LogP contribution in [0.3, 0.4) is 0 Å². The first-order valence-electron chi connectivity index (χ1n) is 6.38. The third-order valence-corrected chi connectivity index (χ3v) is 5.59. The van der Waals surface area contributed by atoms with Crippen LogP contribution in [0, 0.1) is 0 Å². The predicted molar refractivity (Wildman–Crippen MR) is 103 cm³/mol. The fourth-order valence-electron chi connectivity index (χ4n) is 2.92. The van der Waals surface area contributed by atoms with Gasteiger partial charge in [0.15, 0.2) is 18.9 Å². The number of alkyl halides is 1. The molecule has 0 aliphatic carbocycles. The summed E-state index contributed by atoms with van der Waals surface area (Å²) < 4.78 is 6.94. The number of rotatable bonds is 1. The first-order chi connectivity index (χ1) is 9.88. The molecule has 3 heterocycles. The van der Waals surface area contributed by atoms with Crippen molar-refractivity contribution in [1.29, 1.82) is 0 Å².